The Morgan fingerprint density at radius 3 is 1.18 bits per heavy atom. The molecule has 0 bridgehead atoms. The van der Waals surface area contributed by atoms with Crippen LogP contribution in [0.4, 0.5) is 0 Å². The Hall–Kier alpha value is -2.39. The van der Waals surface area contributed by atoms with Crippen molar-refractivity contribution in [2.45, 2.75) is 11.0 Å². The van der Waals surface area contributed by atoms with Crippen molar-refractivity contribution in [2.24, 2.45) is 0 Å². The second kappa shape index (κ2) is 13.6. The minimum atomic E-state index is -4.06. The number of halogens is 2. The summed E-state index contributed by atoms with van der Waals surface area (Å²) in [5.41, 5.74) is 0. The molecule has 0 saturated carbocycles. The predicted octanol–water partition coefficient (Wildman–Crippen LogP) is 9.33. The summed E-state index contributed by atoms with van der Waals surface area (Å²) in [5, 5.41) is 0. The average molecular weight is 637 g/mol. The molecule has 0 aliphatic carbocycles. The number of benzene rings is 4. The van der Waals surface area contributed by atoms with Crippen LogP contribution in [0.2, 0.25) is 0 Å². The summed E-state index contributed by atoms with van der Waals surface area (Å²) in [5.74, 6) is 1.37. The van der Waals surface area contributed by atoms with Gasteiger partial charge in [0.15, 0.2) is 0 Å². The third kappa shape index (κ3) is 8.30. The molecule has 0 saturated heterocycles. The van der Waals surface area contributed by atoms with Crippen LogP contribution in [0.1, 0.15) is 6.42 Å². The van der Waals surface area contributed by atoms with Crippen molar-refractivity contribution in [3.8, 4) is 23.0 Å². The molecule has 203 valence electrons. The van der Waals surface area contributed by atoms with Gasteiger partial charge in [-0.05, 0) is 0 Å². The standard InChI is InChI=1S/C27H25O6P2.2ClH.Ni/c28-34(30-24-14-5-1-6-15-24,31-25-16-7-2-8-17-25)22-13-23-35(29,32-26-18-9-3-10-19-26)33-27-20-11-4-12-21-27;;;/h1-12,14-22H,13,23H2;2*1H;/q;;;+2/p-2. The van der Waals surface area contributed by atoms with E-state index in [-0.39, 0.29) is 12.6 Å². The van der Waals surface area contributed by atoms with Gasteiger partial charge in [0.05, 0.1) is 0 Å². The van der Waals surface area contributed by atoms with Crippen LogP contribution < -0.4 is 18.1 Å². The second-order valence-electron chi connectivity index (χ2n) is 7.86. The molecule has 4 aromatic rings. The topological polar surface area (TPSA) is 71.1 Å². The van der Waals surface area contributed by atoms with Crippen molar-refractivity contribution < 1.29 is 38.9 Å². The van der Waals surface area contributed by atoms with Gasteiger partial charge in [0.2, 0.25) is 0 Å². The Morgan fingerprint density at radius 2 is 0.868 bits per heavy atom. The van der Waals surface area contributed by atoms with E-state index in [9.17, 15) is 9.13 Å². The molecule has 0 spiro atoms. The summed E-state index contributed by atoms with van der Waals surface area (Å²) in [6.45, 7) is 0. The van der Waals surface area contributed by atoms with E-state index in [4.69, 9.17) is 38.5 Å². The van der Waals surface area contributed by atoms with E-state index in [2.05, 4.69) is 0 Å². The number of hydrogen-bond donors (Lipinski definition) is 0. The monoisotopic (exact) mass is 635 g/mol. The van der Waals surface area contributed by atoms with E-state index in [0.29, 0.717) is 23.0 Å². The van der Waals surface area contributed by atoms with E-state index in [0.717, 1.165) is 0 Å². The molecule has 0 N–H and O–H groups in total. The molecule has 38 heavy (non-hydrogen) atoms. The number of para-hydroxylation sites is 4. The summed E-state index contributed by atoms with van der Waals surface area (Å²) in [6.07, 6.45) is -0.190. The average Bonchev–Trinajstić information content (AvgIpc) is 2.90. The maximum atomic E-state index is 14.4. The predicted molar refractivity (Wildman–Crippen MR) is 148 cm³/mol. The van der Waals surface area contributed by atoms with Gasteiger partial charge in [-0.3, -0.25) is 0 Å². The van der Waals surface area contributed by atoms with Crippen LogP contribution in [0.5, 0.6) is 23.0 Å². The molecular formula is C27H25Cl2NiO6P2. The Morgan fingerprint density at radius 1 is 0.553 bits per heavy atom. The molecule has 11 heteroatoms. The van der Waals surface area contributed by atoms with Gasteiger partial charge < -0.3 is 0 Å². The molecule has 0 aliphatic heterocycles. The molecule has 0 fully saturated rings. The van der Waals surface area contributed by atoms with Crippen LogP contribution in [0, 0.1) is 0 Å². The molecule has 4 aromatic carbocycles. The van der Waals surface area contributed by atoms with Crippen molar-refractivity contribution in [2.75, 3.05) is 6.16 Å². The van der Waals surface area contributed by atoms with Gasteiger partial charge in [0, 0.05) is 0 Å². The van der Waals surface area contributed by atoms with Crippen LogP contribution >= 0.6 is 35.6 Å². The molecule has 0 aromatic heterocycles. The molecule has 6 nitrogen and oxygen atoms in total. The minimum absolute atomic E-state index is 0.0315. The summed E-state index contributed by atoms with van der Waals surface area (Å²) >= 11 is -1.66. The Labute approximate surface area is 235 Å². The molecule has 1 unspecified atom stereocenters. The van der Waals surface area contributed by atoms with Crippen LogP contribution in [0.25, 0.3) is 0 Å². The summed E-state index contributed by atoms with van der Waals surface area (Å²) in [7, 11) is 4.93. The SMILES string of the molecule is O=P(CC[CH]([Ni]([Cl])[Cl])P(=O)(Oc1ccccc1)Oc1ccccc1)(Oc1ccccc1)Oc1ccccc1. The molecule has 0 radical (unpaired) electrons. The zero-order chi connectivity index (χ0) is 26.8. The van der Waals surface area contributed by atoms with Crippen molar-refractivity contribution in [1.29, 1.82) is 0 Å². The van der Waals surface area contributed by atoms with Gasteiger partial charge in [-0.25, -0.2) is 0 Å². The first-order chi connectivity index (χ1) is 18.4. The first kappa shape index (κ1) is 28.6. The zero-order valence-electron chi connectivity index (χ0n) is 20.0. The second-order valence-corrected chi connectivity index (χ2v) is 16.2. The van der Waals surface area contributed by atoms with Gasteiger partial charge in [-0.15, -0.1) is 0 Å². The Bertz CT molecular complexity index is 1270. The van der Waals surface area contributed by atoms with E-state index in [1.54, 1.807) is 109 Å². The summed E-state index contributed by atoms with van der Waals surface area (Å²) in [6, 6.07) is 34.6. The fourth-order valence-electron chi connectivity index (χ4n) is 3.34. The molecule has 4 rings (SSSR count). The van der Waals surface area contributed by atoms with Crippen LogP contribution in [0.3, 0.4) is 0 Å². The van der Waals surface area contributed by atoms with Crippen LogP contribution in [0.15, 0.2) is 121 Å². The molecular weight excluding hydrogens is 612 g/mol. The van der Waals surface area contributed by atoms with Crippen molar-refractivity contribution in [3.05, 3.63) is 121 Å². The quantitative estimate of drug-likeness (QED) is 0.108. The van der Waals surface area contributed by atoms with E-state index in [1.165, 1.54) is 0 Å². The van der Waals surface area contributed by atoms with Crippen LogP contribution in [-0.4, -0.2) is 10.8 Å². The fraction of sp³-hybridized carbons (Fsp3) is 0.111. The van der Waals surface area contributed by atoms with Crippen molar-refractivity contribution >= 4 is 35.6 Å². The van der Waals surface area contributed by atoms with Gasteiger partial charge in [0.25, 0.3) is 0 Å². The zero-order valence-corrected chi connectivity index (χ0v) is 24.2. The van der Waals surface area contributed by atoms with E-state index >= 15 is 0 Å². The van der Waals surface area contributed by atoms with E-state index < -0.39 is 31.4 Å². The van der Waals surface area contributed by atoms with E-state index in [1.807, 2.05) is 12.1 Å². The third-order valence-electron chi connectivity index (χ3n) is 5.03. The number of hydrogen-bond acceptors (Lipinski definition) is 6. The van der Waals surface area contributed by atoms with Gasteiger partial charge in [0.1, 0.15) is 0 Å². The first-order valence-electron chi connectivity index (χ1n) is 11.5. The van der Waals surface area contributed by atoms with Crippen molar-refractivity contribution in [3.63, 3.8) is 0 Å². The summed E-state index contributed by atoms with van der Waals surface area (Å²) in [4.78, 5) is 0. The molecule has 0 amide bonds. The van der Waals surface area contributed by atoms with Gasteiger partial charge in [-0.1, -0.05) is 0 Å². The van der Waals surface area contributed by atoms with Crippen molar-refractivity contribution in [1.82, 2.24) is 0 Å². The Balaban J connectivity index is 1.63. The summed E-state index contributed by atoms with van der Waals surface area (Å²) < 4.78 is 50.9. The Kier molecular flexibility index (Phi) is 10.2. The first-order valence-corrected chi connectivity index (χ1v) is 18.1. The normalized spacial score (nSPS) is 12.7. The molecule has 1 atom stereocenters. The third-order valence-corrected chi connectivity index (χ3v) is 13.2. The van der Waals surface area contributed by atoms with Gasteiger partial charge >= 0.3 is 236 Å². The fourth-order valence-corrected chi connectivity index (χ4v) is 10.9. The molecule has 0 heterocycles. The maximum absolute atomic E-state index is 14.4. The molecule has 0 aliphatic rings. The number of rotatable bonds is 13. The van der Waals surface area contributed by atoms with Crippen LogP contribution in [-0.2, 0) is 20.8 Å². The van der Waals surface area contributed by atoms with Gasteiger partial charge in [-0.2, -0.15) is 0 Å².